The number of nitrogens with one attached hydrogen (secondary N) is 1. The molecule has 4 rings (SSSR count). The van der Waals surface area contributed by atoms with Crippen LogP contribution in [0.5, 0.6) is 0 Å². The lowest BCUT2D eigenvalue weighted by Gasteiger charge is -2.08. The van der Waals surface area contributed by atoms with Gasteiger partial charge in [0.05, 0.1) is 6.42 Å². The molecule has 162 valence electrons. The Kier molecular flexibility index (Phi) is 6.15. The first kappa shape index (κ1) is 21.8. The number of allylic oxidation sites excluding steroid dienone is 2. The highest BCUT2D eigenvalue weighted by atomic mass is 32.2. The van der Waals surface area contributed by atoms with Crippen molar-refractivity contribution in [3.63, 3.8) is 0 Å². The van der Waals surface area contributed by atoms with Crippen molar-refractivity contribution in [2.45, 2.75) is 25.2 Å². The van der Waals surface area contributed by atoms with E-state index in [9.17, 15) is 13.4 Å². The minimum absolute atomic E-state index is 0.114. The summed E-state index contributed by atoms with van der Waals surface area (Å²) in [6, 6.07) is 17.6. The van der Waals surface area contributed by atoms with Crippen molar-refractivity contribution in [1.29, 1.82) is 0 Å². The topological polar surface area (TPSA) is 59.1 Å². The van der Waals surface area contributed by atoms with E-state index >= 15 is 0 Å². The number of anilines is 1. The van der Waals surface area contributed by atoms with Crippen LogP contribution in [0.1, 0.15) is 35.7 Å². The number of amides is 1. The maximum atomic E-state index is 14.1. The maximum Gasteiger partial charge on any atom is 0.229 e. The smallest absolute Gasteiger partial charge is 0.229 e. The van der Waals surface area contributed by atoms with Gasteiger partial charge in [-0.2, -0.15) is 0 Å². The number of carbonyl (C=O) groups excluding carboxylic acids is 1. The minimum atomic E-state index is -1.04. The van der Waals surface area contributed by atoms with Crippen molar-refractivity contribution >= 4 is 39.7 Å². The van der Waals surface area contributed by atoms with E-state index in [1.54, 1.807) is 18.4 Å². The Morgan fingerprint density at radius 1 is 1.06 bits per heavy atom. The van der Waals surface area contributed by atoms with Gasteiger partial charge in [-0.3, -0.25) is 9.00 Å². The molecule has 1 amide bonds. The summed E-state index contributed by atoms with van der Waals surface area (Å²) < 4.78 is 25.7. The van der Waals surface area contributed by atoms with Gasteiger partial charge < -0.3 is 5.32 Å². The van der Waals surface area contributed by atoms with Crippen LogP contribution in [0.15, 0.2) is 71.1 Å². The van der Waals surface area contributed by atoms with Crippen molar-refractivity contribution < 1.29 is 13.4 Å². The highest BCUT2D eigenvalue weighted by Gasteiger charge is 2.26. The summed E-state index contributed by atoms with van der Waals surface area (Å²) in [4.78, 5) is 17.8. The molecule has 4 nitrogen and oxygen atoms in total. The van der Waals surface area contributed by atoms with Crippen molar-refractivity contribution in [2.24, 2.45) is 0 Å². The third-order valence-corrected chi connectivity index (χ3v) is 6.41. The number of halogens is 1. The zero-order chi connectivity index (χ0) is 22.8. The van der Waals surface area contributed by atoms with E-state index in [0.29, 0.717) is 5.82 Å². The minimum Gasteiger partial charge on any atom is -0.310 e. The number of pyridine rings is 1. The molecule has 0 aliphatic heterocycles. The zero-order valence-electron chi connectivity index (χ0n) is 18.1. The fourth-order valence-electron chi connectivity index (χ4n) is 3.86. The van der Waals surface area contributed by atoms with Crippen molar-refractivity contribution in [3.05, 3.63) is 94.4 Å². The molecule has 3 aromatic rings. The van der Waals surface area contributed by atoms with Gasteiger partial charge in [0.15, 0.2) is 0 Å². The Bertz CT molecular complexity index is 1290. The third kappa shape index (κ3) is 4.60. The SMILES string of the molecule is CC1=C(CC(=O)Nc2cccc(C)n2)c2cc(F)ccc2/C1=C/c1ccc([S@](C)=O)cc1. The van der Waals surface area contributed by atoms with Gasteiger partial charge in [-0.15, -0.1) is 0 Å². The summed E-state index contributed by atoms with van der Waals surface area (Å²) in [6.45, 7) is 3.81. The number of hydrogen-bond acceptors (Lipinski definition) is 3. The summed E-state index contributed by atoms with van der Waals surface area (Å²) in [5.74, 6) is -0.0515. The predicted octanol–water partition coefficient (Wildman–Crippen LogP) is 5.62. The summed E-state index contributed by atoms with van der Waals surface area (Å²) in [5.41, 5.74) is 6.05. The van der Waals surface area contributed by atoms with Gasteiger partial charge in [-0.1, -0.05) is 24.3 Å². The van der Waals surface area contributed by atoms with E-state index in [2.05, 4.69) is 10.3 Å². The zero-order valence-corrected chi connectivity index (χ0v) is 18.9. The molecular formula is C26H23FN2O2S. The maximum absolute atomic E-state index is 14.1. The summed E-state index contributed by atoms with van der Waals surface area (Å²) in [7, 11) is -1.04. The number of rotatable bonds is 5. The van der Waals surface area contributed by atoms with E-state index in [1.165, 1.54) is 12.1 Å². The molecule has 1 aromatic heterocycles. The van der Waals surface area contributed by atoms with E-state index < -0.39 is 10.8 Å². The number of fused-ring (bicyclic) bond motifs is 1. The van der Waals surface area contributed by atoms with Gasteiger partial charge in [-0.05, 0) is 89.7 Å². The van der Waals surface area contributed by atoms with Crippen LogP contribution in [0.25, 0.3) is 17.2 Å². The normalized spacial score (nSPS) is 15.1. The van der Waals surface area contributed by atoms with Crippen molar-refractivity contribution in [3.8, 4) is 0 Å². The second kappa shape index (κ2) is 9.01. The highest BCUT2D eigenvalue weighted by molar-refractivity contribution is 7.84. The van der Waals surface area contributed by atoms with Crippen LogP contribution >= 0.6 is 0 Å². The van der Waals surface area contributed by atoms with E-state index in [4.69, 9.17) is 0 Å². The lowest BCUT2D eigenvalue weighted by molar-refractivity contribution is -0.115. The summed E-state index contributed by atoms with van der Waals surface area (Å²) >= 11 is 0. The molecule has 0 unspecified atom stereocenters. The fourth-order valence-corrected chi connectivity index (χ4v) is 4.38. The van der Waals surface area contributed by atoms with Gasteiger partial charge in [0.25, 0.3) is 0 Å². The second-order valence-electron chi connectivity index (χ2n) is 7.76. The molecule has 1 atom stereocenters. The molecule has 0 saturated carbocycles. The molecule has 1 aliphatic rings. The quantitative estimate of drug-likeness (QED) is 0.553. The lowest BCUT2D eigenvalue weighted by Crippen LogP contribution is -2.13. The summed E-state index contributed by atoms with van der Waals surface area (Å²) in [5, 5.41) is 2.83. The lowest BCUT2D eigenvalue weighted by atomic mass is 10.0. The number of hydrogen-bond donors (Lipinski definition) is 1. The van der Waals surface area contributed by atoms with Gasteiger partial charge in [0, 0.05) is 27.6 Å². The van der Waals surface area contributed by atoms with Crippen molar-refractivity contribution in [2.75, 3.05) is 11.6 Å². The fraction of sp³-hybridized carbons (Fsp3) is 0.154. The Hall–Kier alpha value is -3.38. The van der Waals surface area contributed by atoms with Crippen LogP contribution in [-0.2, 0) is 15.6 Å². The number of aromatic nitrogens is 1. The highest BCUT2D eigenvalue weighted by Crippen LogP contribution is 2.44. The van der Waals surface area contributed by atoms with Crippen LogP contribution in [-0.4, -0.2) is 21.4 Å². The monoisotopic (exact) mass is 446 g/mol. The number of benzene rings is 2. The van der Waals surface area contributed by atoms with Crippen molar-refractivity contribution in [1.82, 2.24) is 4.98 Å². The van der Waals surface area contributed by atoms with E-state index in [0.717, 1.165) is 44.0 Å². The van der Waals surface area contributed by atoms with Crippen LogP contribution in [0.2, 0.25) is 0 Å². The summed E-state index contributed by atoms with van der Waals surface area (Å²) in [6.07, 6.45) is 3.77. The third-order valence-electron chi connectivity index (χ3n) is 5.47. The standard InChI is InChI=1S/C26H23FN2O2S/c1-16-5-4-6-25(28-16)29-26(30)15-23-17(2)22(21-12-9-19(27)14-24(21)23)13-18-7-10-20(11-8-18)32(3)31/h4-14H,15H2,1-3H3,(H,28,29,30)/b22-13+/t32-/m0/s1. The van der Waals surface area contributed by atoms with Crippen LogP contribution in [0.3, 0.4) is 0 Å². The molecule has 1 heterocycles. The molecule has 1 aliphatic carbocycles. The molecule has 32 heavy (non-hydrogen) atoms. The number of aryl methyl sites for hydroxylation is 1. The van der Waals surface area contributed by atoms with Gasteiger partial charge in [-0.25, -0.2) is 9.37 Å². The molecule has 0 fully saturated rings. The molecule has 1 N–H and O–H groups in total. The molecular weight excluding hydrogens is 423 g/mol. The number of carbonyl (C=O) groups is 1. The molecule has 0 radical (unpaired) electrons. The first-order chi connectivity index (χ1) is 15.3. The first-order valence-corrected chi connectivity index (χ1v) is 11.8. The molecule has 2 aromatic carbocycles. The van der Waals surface area contributed by atoms with E-state index in [-0.39, 0.29) is 18.1 Å². The van der Waals surface area contributed by atoms with Crippen LogP contribution in [0.4, 0.5) is 10.2 Å². The van der Waals surface area contributed by atoms with E-state index in [1.807, 2.05) is 56.3 Å². The largest absolute Gasteiger partial charge is 0.310 e. The molecule has 0 saturated heterocycles. The molecule has 0 bridgehead atoms. The Morgan fingerprint density at radius 3 is 2.50 bits per heavy atom. The average molecular weight is 447 g/mol. The molecule has 0 spiro atoms. The number of nitrogens with zero attached hydrogens (tertiary/aromatic N) is 1. The van der Waals surface area contributed by atoms with Gasteiger partial charge >= 0.3 is 0 Å². The van der Waals surface area contributed by atoms with Crippen LogP contribution < -0.4 is 5.32 Å². The van der Waals surface area contributed by atoms with Crippen LogP contribution in [0, 0.1) is 12.7 Å². The first-order valence-electron chi connectivity index (χ1n) is 10.2. The van der Waals surface area contributed by atoms with Gasteiger partial charge in [0.1, 0.15) is 11.6 Å². The predicted molar refractivity (Wildman–Crippen MR) is 128 cm³/mol. The Balaban J connectivity index is 1.68. The second-order valence-corrected chi connectivity index (χ2v) is 9.14. The Labute approximate surface area is 189 Å². The Morgan fingerprint density at radius 2 is 1.81 bits per heavy atom. The van der Waals surface area contributed by atoms with Gasteiger partial charge in [0.2, 0.25) is 5.91 Å². The molecule has 6 heteroatoms. The average Bonchev–Trinajstić information content (AvgIpc) is 2.99.